The van der Waals surface area contributed by atoms with Crippen molar-refractivity contribution in [2.45, 2.75) is 20.3 Å². The molecule has 0 aliphatic rings. The zero-order valence-corrected chi connectivity index (χ0v) is 13.5. The zero-order valence-electron chi connectivity index (χ0n) is 12.7. The number of rotatable bonds is 7. The highest BCUT2D eigenvalue weighted by molar-refractivity contribution is 5.94. The first kappa shape index (κ1) is 19.4. The van der Waals surface area contributed by atoms with Crippen LogP contribution >= 0.6 is 12.4 Å². The maximum atomic E-state index is 11.8. The highest BCUT2D eigenvalue weighted by Crippen LogP contribution is 2.10. The predicted molar refractivity (Wildman–Crippen MR) is 87.8 cm³/mol. The van der Waals surface area contributed by atoms with Gasteiger partial charge in [0.15, 0.2) is 0 Å². The van der Waals surface area contributed by atoms with E-state index in [9.17, 15) is 9.59 Å². The van der Waals surface area contributed by atoms with E-state index >= 15 is 0 Å². The van der Waals surface area contributed by atoms with Crippen molar-refractivity contribution in [3.8, 4) is 0 Å². The molecule has 0 saturated carbocycles. The summed E-state index contributed by atoms with van der Waals surface area (Å²) in [7, 11) is 1.79. The molecule has 1 aromatic rings. The fourth-order valence-electron chi connectivity index (χ4n) is 1.81. The van der Waals surface area contributed by atoms with Crippen LogP contribution < -0.4 is 16.0 Å². The van der Waals surface area contributed by atoms with E-state index in [2.05, 4.69) is 22.9 Å². The van der Waals surface area contributed by atoms with Crippen LogP contribution in [-0.4, -0.2) is 32.0 Å². The van der Waals surface area contributed by atoms with Crippen LogP contribution in [0.1, 0.15) is 19.4 Å². The van der Waals surface area contributed by atoms with Gasteiger partial charge in [0.25, 0.3) is 0 Å². The Balaban J connectivity index is 0.00000400. The molecular weight excluding hydrogens is 290 g/mol. The third kappa shape index (κ3) is 7.11. The number of benzene rings is 1. The fraction of sp³-hybridized carbons (Fsp3) is 0.467. The number of aryl methyl sites for hydroxylation is 1. The minimum absolute atomic E-state index is 0. The Bertz CT molecular complexity index is 466. The summed E-state index contributed by atoms with van der Waals surface area (Å²) >= 11 is 0. The Kier molecular flexibility index (Phi) is 9.41. The molecular formula is C15H24ClN3O2. The van der Waals surface area contributed by atoms with Crippen LogP contribution in [0.25, 0.3) is 0 Å². The van der Waals surface area contributed by atoms with Crippen molar-refractivity contribution in [2.24, 2.45) is 5.92 Å². The average Bonchev–Trinajstić information content (AvgIpc) is 2.45. The second-order valence-corrected chi connectivity index (χ2v) is 4.78. The molecule has 1 rings (SSSR count). The van der Waals surface area contributed by atoms with Gasteiger partial charge in [-0.25, -0.2) is 0 Å². The predicted octanol–water partition coefficient (Wildman–Crippen LogP) is 1.58. The lowest BCUT2D eigenvalue weighted by molar-refractivity contribution is -0.126. The van der Waals surface area contributed by atoms with E-state index in [-0.39, 0.29) is 36.7 Å². The quantitative estimate of drug-likeness (QED) is 0.716. The van der Waals surface area contributed by atoms with Crippen molar-refractivity contribution in [1.29, 1.82) is 0 Å². The number of hydrogen-bond donors (Lipinski definition) is 3. The number of nitrogens with one attached hydrogen (secondary N) is 3. The van der Waals surface area contributed by atoms with Gasteiger partial charge in [-0.1, -0.05) is 26.0 Å². The minimum Gasteiger partial charge on any atom is -0.347 e. The molecule has 1 unspecified atom stereocenters. The molecule has 0 heterocycles. The summed E-state index contributed by atoms with van der Waals surface area (Å²) in [5, 5.41) is 8.33. The van der Waals surface area contributed by atoms with Gasteiger partial charge in [-0.15, -0.1) is 12.4 Å². The second-order valence-electron chi connectivity index (χ2n) is 4.78. The Morgan fingerprint density at radius 1 is 1.29 bits per heavy atom. The first-order valence-electron chi connectivity index (χ1n) is 6.88. The van der Waals surface area contributed by atoms with Gasteiger partial charge < -0.3 is 16.0 Å². The average molecular weight is 314 g/mol. The molecule has 0 bridgehead atoms. The highest BCUT2D eigenvalue weighted by atomic mass is 35.5. The SMILES string of the molecule is CCc1cccc(NC(=O)CNC(=O)C(C)CNC)c1.Cl. The lowest BCUT2D eigenvalue weighted by atomic mass is 10.1. The highest BCUT2D eigenvalue weighted by Gasteiger charge is 2.12. The van der Waals surface area contributed by atoms with Crippen molar-refractivity contribution >= 4 is 29.9 Å². The van der Waals surface area contributed by atoms with Crippen molar-refractivity contribution in [2.75, 3.05) is 25.5 Å². The molecule has 0 aromatic heterocycles. The third-order valence-electron chi connectivity index (χ3n) is 3.00. The van der Waals surface area contributed by atoms with Gasteiger partial charge in [0.2, 0.25) is 11.8 Å². The molecule has 1 atom stereocenters. The van der Waals surface area contributed by atoms with Gasteiger partial charge in [0.05, 0.1) is 6.54 Å². The van der Waals surface area contributed by atoms with Gasteiger partial charge in [0, 0.05) is 18.2 Å². The summed E-state index contributed by atoms with van der Waals surface area (Å²) in [6.07, 6.45) is 0.919. The monoisotopic (exact) mass is 313 g/mol. The van der Waals surface area contributed by atoms with Gasteiger partial charge in [-0.2, -0.15) is 0 Å². The second kappa shape index (κ2) is 10.2. The fourth-order valence-corrected chi connectivity index (χ4v) is 1.81. The molecule has 0 spiro atoms. The largest absolute Gasteiger partial charge is 0.347 e. The number of halogens is 1. The van der Waals surface area contributed by atoms with Crippen LogP contribution in [0.4, 0.5) is 5.69 Å². The summed E-state index contributed by atoms with van der Waals surface area (Å²) in [4.78, 5) is 23.4. The summed E-state index contributed by atoms with van der Waals surface area (Å²) in [6.45, 7) is 4.45. The summed E-state index contributed by atoms with van der Waals surface area (Å²) in [6, 6.07) is 7.69. The van der Waals surface area contributed by atoms with E-state index in [0.717, 1.165) is 17.7 Å². The van der Waals surface area contributed by atoms with Crippen LogP contribution in [0.3, 0.4) is 0 Å². The molecule has 0 aliphatic heterocycles. The molecule has 0 radical (unpaired) electrons. The van der Waals surface area contributed by atoms with Crippen molar-refractivity contribution in [3.05, 3.63) is 29.8 Å². The van der Waals surface area contributed by atoms with Crippen LogP contribution in [0.2, 0.25) is 0 Å². The summed E-state index contributed by atoms with van der Waals surface area (Å²) in [5.74, 6) is -0.503. The maximum absolute atomic E-state index is 11.8. The van der Waals surface area contributed by atoms with E-state index < -0.39 is 0 Å². The minimum atomic E-state index is -0.219. The van der Waals surface area contributed by atoms with Crippen LogP contribution in [0.5, 0.6) is 0 Å². The van der Waals surface area contributed by atoms with E-state index in [4.69, 9.17) is 0 Å². The van der Waals surface area contributed by atoms with Crippen molar-refractivity contribution < 1.29 is 9.59 Å². The molecule has 2 amide bonds. The number of hydrogen-bond acceptors (Lipinski definition) is 3. The molecule has 3 N–H and O–H groups in total. The first-order valence-corrected chi connectivity index (χ1v) is 6.88. The summed E-state index contributed by atoms with van der Waals surface area (Å²) in [5.41, 5.74) is 1.92. The van der Waals surface area contributed by atoms with E-state index in [0.29, 0.717) is 6.54 Å². The topological polar surface area (TPSA) is 70.2 Å². The van der Waals surface area contributed by atoms with Crippen molar-refractivity contribution in [3.63, 3.8) is 0 Å². The van der Waals surface area contributed by atoms with E-state index in [1.165, 1.54) is 0 Å². The number of amides is 2. The molecule has 6 heteroatoms. The Hall–Kier alpha value is -1.59. The lowest BCUT2D eigenvalue weighted by Gasteiger charge is -2.12. The van der Waals surface area contributed by atoms with Crippen LogP contribution in [0, 0.1) is 5.92 Å². The normalized spacial score (nSPS) is 11.2. The molecule has 0 fully saturated rings. The zero-order chi connectivity index (χ0) is 15.0. The van der Waals surface area contributed by atoms with E-state index in [1.54, 1.807) is 7.05 Å². The molecule has 0 aliphatic carbocycles. The number of anilines is 1. The standard InChI is InChI=1S/C15H23N3O2.ClH/c1-4-12-6-5-7-13(8-12)18-14(19)10-17-15(20)11(2)9-16-3;/h5-8,11,16H,4,9-10H2,1-3H3,(H,17,20)(H,18,19);1H. The maximum Gasteiger partial charge on any atom is 0.243 e. The smallest absolute Gasteiger partial charge is 0.243 e. The Morgan fingerprint density at radius 3 is 2.62 bits per heavy atom. The van der Waals surface area contributed by atoms with Crippen molar-refractivity contribution in [1.82, 2.24) is 10.6 Å². The van der Waals surface area contributed by atoms with Gasteiger partial charge >= 0.3 is 0 Å². The van der Waals surface area contributed by atoms with E-state index in [1.807, 2.05) is 31.2 Å². The molecule has 21 heavy (non-hydrogen) atoms. The van der Waals surface area contributed by atoms with Gasteiger partial charge in [-0.3, -0.25) is 9.59 Å². The summed E-state index contributed by atoms with van der Waals surface area (Å²) < 4.78 is 0. The Morgan fingerprint density at radius 2 is 2.00 bits per heavy atom. The molecule has 1 aromatic carbocycles. The number of carbonyl (C=O) groups is 2. The number of carbonyl (C=O) groups excluding carboxylic acids is 2. The van der Waals surface area contributed by atoms with Crippen LogP contribution in [-0.2, 0) is 16.0 Å². The first-order chi connectivity index (χ1) is 9.56. The molecule has 5 nitrogen and oxygen atoms in total. The third-order valence-corrected chi connectivity index (χ3v) is 3.00. The molecule has 0 saturated heterocycles. The Labute approximate surface area is 132 Å². The van der Waals surface area contributed by atoms with Gasteiger partial charge in [-0.05, 0) is 31.2 Å². The lowest BCUT2D eigenvalue weighted by Crippen LogP contribution is -2.38. The molecule has 118 valence electrons. The van der Waals surface area contributed by atoms with Gasteiger partial charge in [0.1, 0.15) is 0 Å². The van der Waals surface area contributed by atoms with Crippen LogP contribution in [0.15, 0.2) is 24.3 Å².